The van der Waals surface area contributed by atoms with Crippen molar-refractivity contribution >= 4 is 0 Å². The molecule has 0 nitrogen and oxygen atoms in total. The minimum absolute atomic E-state index is 0.545. The first-order valence-corrected chi connectivity index (χ1v) is 4.76. The van der Waals surface area contributed by atoms with E-state index in [-0.39, 0.29) is 0 Å². The van der Waals surface area contributed by atoms with Gasteiger partial charge < -0.3 is 0 Å². The van der Waals surface area contributed by atoms with Crippen LogP contribution < -0.4 is 0 Å². The molecular weight excluding hydrogens is 132 g/mol. The van der Waals surface area contributed by atoms with Crippen molar-refractivity contribution in [1.82, 2.24) is 0 Å². The van der Waals surface area contributed by atoms with Crippen molar-refractivity contribution in [3.63, 3.8) is 0 Å². The number of hydrogen-bond acceptors (Lipinski definition) is 0. The van der Waals surface area contributed by atoms with E-state index in [9.17, 15) is 0 Å². The van der Waals surface area contributed by atoms with Crippen LogP contribution in [0.15, 0.2) is 24.3 Å². The average Bonchev–Trinajstić information content (AvgIpc) is 2.64. The predicted molar refractivity (Wildman–Crippen MR) is 46.2 cm³/mol. The Labute approximate surface area is 68.0 Å². The quantitative estimate of drug-likeness (QED) is 0.493. The van der Waals surface area contributed by atoms with Crippen molar-refractivity contribution in [2.24, 2.45) is 17.3 Å². The van der Waals surface area contributed by atoms with E-state index in [0.29, 0.717) is 5.41 Å². The highest BCUT2D eigenvalue weighted by atomic mass is 14.5. The highest BCUT2D eigenvalue weighted by molar-refractivity contribution is 5.29. The molecule has 11 heavy (non-hydrogen) atoms. The van der Waals surface area contributed by atoms with E-state index >= 15 is 0 Å². The molecule has 0 aromatic rings. The Bertz CT molecular complexity index is 222. The van der Waals surface area contributed by atoms with Crippen LogP contribution in [-0.2, 0) is 0 Å². The molecule has 0 aliphatic heterocycles. The zero-order valence-corrected chi connectivity index (χ0v) is 6.79. The maximum atomic E-state index is 2.44. The molecule has 0 heterocycles. The highest BCUT2D eigenvalue weighted by Gasteiger charge is 2.48. The van der Waals surface area contributed by atoms with Crippen LogP contribution in [0.4, 0.5) is 0 Å². The third kappa shape index (κ3) is 0.654. The lowest BCUT2D eigenvalue weighted by Crippen LogP contribution is -2.21. The van der Waals surface area contributed by atoms with Gasteiger partial charge in [-0.05, 0) is 31.1 Å². The van der Waals surface area contributed by atoms with Crippen LogP contribution >= 0.6 is 0 Å². The van der Waals surface area contributed by atoms with Crippen molar-refractivity contribution in [1.29, 1.82) is 0 Å². The Balaban J connectivity index is 2.00. The van der Waals surface area contributed by atoms with Gasteiger partial charge in [0.1, 0.15) is 0 Å². The zero-order chi connectivity index (χ0) is 7.31. The Hall–Kier alpha value is -0.520. The first-order chi connectivity index (χ1) is 5.39. The zero-order valence-electron chi connectivity index (χ0n) is 6.79. The molecule has 2 fully saturated rings. The van der Waals surface area contributed by atoms with Gasteiger partial charge in [0.25, 0.3) is 0 Å². The van der Waals surface area contributed by atoms with Crippen LogP contribution in [0.2, 0.25) is 0 Å². The van der Waals surface area contributed by atoms with Crippen LogP contribution in [0.1, 0.15) is 25.7 Å². The van der Waals surface area contributed by atoms with E-state index in [1.54, 1.807) is 0 Å². The summed E-state index contributed by atoms with van der Waals surface area (Å²) in [5, 5.41) is 0. The van der Waals surface area contributed by atoms with E-state index in [0.717, 1.165) is 11.8 Å². The molecule has 0 saturated heterocycles. The first-order valence-electron chi connectivity index (χ1n) is 4.76. The van der Waals surface area contributed by atoms with E-state index in [1.165, 1.54) is 25.7 Å². The van der Waals surface area contributed by atoms with Crippen molar-refractivity contribution in [3.8, 4) is 0 Å². The summed E-state index contributed by atoms with van der Waals surface area (Å²) in [5.74, 6) is 2.06. The molecule has 2 unspecified atom stereocenters. The van der Waals surface area contributed by atoms with Crippen molar-refractivity contribution < 1.29 is 0 Å². The Morgan fingerprint density at radius 2 is 1.91 bits per heavy atom. The summed E-state index contributed by atoms with van der Waals surface area (Å²) in [6, 6.07) is 0. The molecule has 1 spiro atoms. The molecule has 0 aromatic heterocycles. The number of rotatable bonds is 0. The second-order valence-corrected chi connectivity index (χ2v) is 4.41. The summed E-state index contributed by atoms with van der Waals surface area (Å²) < 4.78 is 0. The third-order valence-corrected chi connectivity index (χ3v) is 3.87. The standard InChI is InChI=1S/C11H14/c1-2-6-11(5-1)8-9-3-4-10(11)7-9/h1-2,5-6,9-10H,3-4,7-8H2. The van der Waals surface area contributed by atoms with Crippen LogP contribution in [0.3, 0.4) is 0 Å². The molecule has 2 atom stereocenters. The van der Waals surface area contributed by atoms with E-state index in [1.807, 2.05) is 0 Å². The molecule has 2 saturated carbocycles. The van der Waals surface area contributed by atoms with Gasteiger partial charge in [-0.2, -0.15) is 0 Å². The van der Waals surface area contributed by atoms with Crippen LogP contribution in [0.5, 0.6) is 0 Å². The summed E-state index contributed by atoms with van der Waals surface area (Å²) in [6.45, 7) is 0. The average molecular weight is 146 g/mol. The Kier molecular flexibility index (Phi) is 0.988. The van der Waals surface area contributed by atoms with Gasteiger partial charge in [0, 0.05) is 5.41 Å². The third-order valence-electron chi connectivity index (χ3n) is 3.87. The van der Waals surface area contributed by atoms with Crippen LogP contribution in [0, 0.1) is 17.3 Å². The number of hydrogen-bond donors (Lipinski definition) is 0. The van der Waals surface area contributed by atoms with Crippen molar-refractivity contribution in [3.05, 3.63) is 24.3 Å². The molecule has 3 aliphatic rings. The van der Waals surface area contributed by atoms with Gasteiger partial charge in [-0.15, -0.1) is 0 Å². The summed E-state index contributed by atoms with van der Waals surface area (Å²) in [7, 11) is 0. The van der Waals surface area contributed by atoms with E-state index < -0.39 is 0 Å². The van der Waals surface area contributed by atoms with Crippen LogP contribution in [0.25, 0.3) is 0 Å². The maximum absolute atomic E-state index is 2.44. The minimum atomic E-state index is 0.545. The molecule has 0 heteroatoms. The van der Waals surface area contributed by atoms with Crippen molar-refractivity contribution in [2.45, 2.75) is 25.7 Å². The fourth-order valence-electron chi connectivity index (χ4n) is 3.35. The summed E-state index contributed by atoms with van der Waals surface area (Å²) in [4.78, 5) is 0. The fourth-order valence-corrected chi connectivity index (χ4v) is 3.35. The lowest BCUT2D eigenvalue weighted by Gasteiger charge is -2.29. The SMILES string of the molecule is C1=CC2(C=C1)CC1CCC2C1. The van der Waals surface area contributed by atoms with Crippen LogP contribution in [-0.4, -0.2) is 0 Å². The summed E-state index contributed by atoms with van der Waals surface area (Å²) in [6.07, 6.45) is 15.3. The number of allylic oxidation sites excluding steroid dienone is 4. The van der Waals surface area contributed by atoms with Gasteiger partial charge in [0.2, 0.25) is 0 Å². The molecule has 58 valence electrons. The normalized spacial score (nSPS) is 42.9. The first kappa shape index (κ1) is 6.05. The lowest BCUT2D eigenvalue weighted by atomic mass is 9.74. The minimum Gasteiger partial charge on any atom is -0.0743 e. The molecule has 0 aromatic carbocycles. The second-order valence-electron chi connectivity index (χ2n) is 4.41. The predicted octanol–water partition coefficient (Wildman–Crippen LogP) is 2.92. The smallest absolute Gasteiger partial charge is 0.00980 e. The monoisotopic (exact) mass is 146 g/mol. The molecular formula is C11H14. The van der Waals surface area contributed by atoms with E-state index in [2.05, 4.69) is 24.3 Å². The summed E-state index contributed by atoms with van der Waals surface area (Å²) >= 11 is 0. The van der Waals surface area contributed by atoms with Gasteiger partial charge in [0.05, 0.1) is 0 Å². The topological polar surface area (TPSA) is 0 Å². The number of fused-ring (bicyclic) bond motifs is 3. The van der Waals surface area contributed by atoms with Gasteiger partial charge in [-0.1, -0.05) is 30.7 Å². The lowest BCUT2D eigenvalue weighted by molar-refractivity contribution is 0.303. The molecule has 3 rings (SSSR count). The van der Waals surface area contributed by atoms with Gasteiger partial charge in [-0.25, -0.2) is 0 Å². The Morgan fingerprint density at radius 1 is 1.09 bits per heavy atom. The molecule has 3 aliphatic carbocycles. The van der Waals surface area contributed by atoms with E-state index in [4.69, 9.17) is 0 Å². The Morgan fingerprint density at radius 3 is 2.45 bits per heavy atom. The van der Waals surface area contributed by atoms with Crippen molar-refractivity contribution in [2.75, 3.05) is 0 Å². The summed E-state index contributed by atoms with van der Waals surface area (Å²) in [5.41, 5.74) is 0.545. The van der Waals surface area contributed by atoms with Gasteiger partial charge in [0.15, 0.2) is 0 Å². The molecule has 0 radical (unpaired) electrons. The molecule has 0 amide bonds. The maximum Gasteiger partial charge on any atom is 0.00980 e. The van der Waals surface area contributed by atoms with Gasteiger partial charge >= 0.3 is 0 Å². The molecule has 0 N–H and O–H groups in total. The second kappa shape index (κ2) is 1.80. The largest absolute Gasteiger partial charge is 0.0743 e. The fraction of sp³-hybridized carbons (Fsp3) is 0.636. The molecule has 2 bridgehead atoms. The highest BCUT2D eigenvalue weighted by Crippen LogP contribution is 2.58. The van der Waals surface area contributed by atoms with Gasteiger partial charge in [-0.3, -0.25) is 0 Å².